The van der Waals surface area contributed by atoms with Gasteiger partial charge < -0.3 is 10.2 Å². The molecular weight excluding hydrogens is 210 g/mol. The zero-order valence-corrected chi connectivity index (χ0v) is 9.77. The van der Waals surface area contributed by atoms with Crippen molar-refractivity contribution < 1.29 is 8.78 Å². The van der Waals surface area contributed by atoms with E-state index in [2.05, 4.69) is 19.2 Å². The van der Waals surface area contributed by atoms with Crippen molar-refractivity contribution in [1.82, 2.24) is 0 Å². The van der Waals surface area contributed by atoms with E-state index in [1.165, 1.54) is 6.07 Å². The van der Waals surface area contributed by atoms with Crippen molar-refractivity contribution >= 4 is 11.4 Å². The minimum Gasteiger partial charge on any atom is -0.380 e. The molecule has 1 aromatic rings. The van der Waals surface area contributed by atoms with Gasteiger partial charge in [-0.2, -0.15) is 0 Å². The summed E-state index contributed by atoms with van der Waals surface area (Å²) in [5.74, 6) is -1.07. The van der Waals surface area contributed by atoms with Crippen molar-refractivity contribution in [3.63, 3.8) is 0 Å². The topological polar surface area (TPSA) is 15.3 Å². The maximum Gasteiger partial charge on any atom is 0.151 e. The van der Waals surface area contributed by atoms with Gasteiger partial charge in [-0.15, -0.1) is 0 Å². The molecule has 2 rings (SSSR count). The first-order valence-electron chi connectivity index (χ1n) is 5.33. The predicted octanol–water partition coefficient (Wildman–Crippen LogP) is 2.85. The first-order chi connectivity index (χ1) is 7.39. The Labute approximate surface area is 94.3 Å². The van der Waals surface area contributed by atoms with Gasteiger partial charge in [-0.1, -0.05) is 13.8 Å². The summed E-state index contributed by atoms with van der Waals surface area (Å²) in [5.41, 5.74) is 1.01. The SMILES string of the molecule is CN1CC(C)(C)CNc2c(F)cc(F)cc21. The number of hydrogen-bond donors (Lipinski definition) is 1. The van der Waals surface area contributed by atoms with Crippen LogP contribution in [0.4, 0.5) is 20.2 Å². The molecule has 0 radical (unpaired) electrons. The number of anilines is 2. The summed E-state index contributed by atoms with van der Waals surface area (Å²) in [6, 6.07) is 2.28. The molecule has 1 aliphatic rings. The van der Waals surface area contributed by atoms with E-state index >= 15 is 0 Å². The fraction of sp³-hybridized carbons (Fsp3) is 0.500. The number of halogens is 2. The first-order valence-corrected chi connectivity index (χ1v) is 5.33. The third-order valence-corrected chi connectivity index (χ3v) is 2.85. The van der Waals surface area contributed by atoms with E-state index < -0.39 is 11.6 Å². The van der Waals surface area contributed by atoms with Gasteiger partial charge >= 0.3 is 0 Å². The standard InChI is InChI=1S/C12H16F2N2/c1-12(2)6-15-11-9(14)4-8(13)5-10(11)16(3)7-12/h4-5,15H,6-7H2,1-3H3. The Morgan fingerprint density at radius 1 is 1.31 bits per heavy atom. The monoisotopic (exact) mass is 226 g/mol. The molecule has 1 aromatic carbocycles. The van der Waals surface area contributed by atoms with Crippen molar-refractivity contribution in [3.05, 3.63) is 23.8 Å². The minimum atomic E-state index is -0.537. The van der Waals surface area contributed by atoms with Crippen LogP contribution in [0.5, 0.6) is 0 Å². The molecule has 16 heavy (non-hydrogen) atoms. The summed E-state index contributed by atoms with van der Waals surface area (Å²) in [7, 11) is 1.85. The molecule has 0 atom stereocenters. The van der Waals surface area contributed by atoms with Gasteiger partial charge in [0.05, 0.1) is 11.4 Å². The summed E-state index contributed by atoms with van der Waals surface area (Å²) in [4.78, 5) is 1.89. The molecule has 1 heterocycles. The number of fused-ring (bicyclic) bond motifs is 1. The van der Waals surface area contributed by atoms with Gasteiger partial charge in [0, 0.05) is 26.2 Å². The summed E-state index contributed by atoms with van der Waals surface area (Å²) in [6.45, 7) is 5.62. The largest absolute Gasteiger partial charge is 0.380 e. The number of nitrogens with zero attached hydrogens (tertiary/aromatic N) is 1. The lowest BCUT2D eigenvalue weighted by molar-refractivity contribution is 0.402. The summed E-state index contributed by atoms with van der Waals surface area (Å²) >= 11 is 0. The zero-order valence-electron chi connectivity index (χ0n) is 9.77. The van der Waals surface area contributed by atoms with E-state index in [1.54, 1.807) is 0 Å². The molecule has 4 heteroatoms. The van der Waals surface area contributed by atoms with Crippen LogP contribution in [-0.2, 0) is 0 Å². The minimum absolute atomic E-state index is 0.0245. The van der Waals surface area contributed by atoms with Gasteiger partial charge in [0.1, 0.15) is 5.82 Å². The van der Waals surface area contributed by atoms with Crippen LogP contribution < -0.4 is 10.2 Å². The van der Waals surface area contributed by atoms with E-state index in [4.69, 9.17) is 0 Å². The molecule has 2 nitrogen and oxygen atoms in total. The van der Waals surface area contributed by atoms with E-state index in [0.29, 0.717) is 17.9 Å². The second-order valence-corrected chi connectivity index (χ2v) is 5.16. The maximum absolute atomic E-state index is 13.6. The Bertz CT molecular complexity index is 416. The highest BCUT2D eigenvalue weighted by Gasteiger charge is 2.27. The predicted molar refractivity (Wildman–Crippen MR) is 61.9 cm³/mol. The molecule has 1 aliphatic heterocycles. The molecule has 0 aliphatic carbocycles. The van der Waals surface area contributed by atoms with E-state index in [9.17, 15) is 8.78 Å². The Kier molecular flexibility index (Phi) is 2.52. The summed E-state index contributed by atoms with van der Waals surface area (Å²) < 4.78 is 26.8. The highest BCUT2D eigenvalue weighted by atomic mass is 19.1. The smallest absolute Gasteiger partial charge is 0.151 e. The first kappa shape index (κ1) is 11.2. The van der Waals surface area contributed by atoms with Crippen LogP contribution in [0.15, 0.2) is 12.1 Å². The van der Waals surface area contributed by atoms with Gasteiger partial charge in [-0.25, -0.2) is 8.78 Å². The third-order valence-electron chi connectivity index (χ3n) is 2.85. The zero-order chi connectivity index (χ0) is 11.9. The Hall–Kier alpha value is -1.32. The molecule has 0 bridgehead atoms. The molecule has 0 saturated heterocycles. The van der Waals surface area contributed by atoms with Gasteiger partial charge in [-0.3, -0.25) is 0 Å². The molecule has 1 N–H and O–H groups in total. The molecule has 88 valence electrons. The van der Waals surface area contributed by atoms with Crippen molar-refractivity contribution in [1.29, 1.82) is 0 Å². The van der Waals surface area contributed by atoms with Gasteiger partial charge in [0.15, 0.2) is 5.82 Å². The second kappa shape index (κ2) is 3.61. The van der Waals surface area contributed by atoms with Crippen LogP contribution in [0.2, 0.25) is 0 Å². The molecule has 0 spiro atoms. The van der Waals surface area contributed by atoms with Crippen LogP contribution in [0, 0.1) is 17.0 Å². The fourth-order valence-electron chi connectivity index (χ4n) is 2.15. The number of hydrogen-bond acceptors (Lipinski definition) is 2. The van der Waals surface area contributed by atoms with Crippen LogP contribution in [0.1, 0.15) is 13.8 Å². The third kappa shape index (κ3) is 1.96. The normalized spacial score (nSPS) is 18.7. The van der Waals surface area contributed by atoms with Gasteiger partial charge in [0.25, 0.3) is 0 Å². The molecule has 0 fully saturated rings. The average molecular weight is 226 g/mol. The van der Waals surface area contributed by atoms with Gasteiger partial charge in [0.2, 0.25) is 0 Å². The van der Waals surface area contributed by atoms with Crippen molar-refractivity contribution in [3.8, 4) is 0 Å². The quantitative estimate of drug-likeness (QED) is 0.731. The fourth-order valence-corrected chi connectivity index (χ4v) is 2.15. The van der Waals surface area contributed by atoms with Crippen molar-refractivity contribution in [2.75, 3.05) is 30.4 Å². The molecule has 0 saturated carbocycles. The molecule has 0 unspecified atom stereocenters. The highest BCUT2D eigenvalue weighted by molar-refractivity contribution is 5.71. The van der Waals surface area contributed by atoms with E-state index in [1.807, 2.05) is 11.9 Å². The van der Waals surface area contributed by atoms with Gasteiger partial charge in [-0.05, 0) is 11.5 Å². The van der Waals surface area contributed by atoms with Crippen LogP contribution in [-0.4, -0.2) is 20.1 Å². The Morgan fingerprint density at radius 3 is 2.69 bits per heavy atom. The Morgan fingerprint density at radius 2 is 2.00 bits per heavy atom. The second-order valence-electron chi connectivity index (χ2n) is 5.16. The lowest BCUT2D eigenvalue weighted by Crippen LogP contribution is -2.33. The molecule has 0 aromatic heterocycles. The number of nitrogens with one attached hydrogen (secondary N) is 1. The summed E-state index contributed by atoms with van der Waals surface area (Å²) in [6.07, 6.45) is 0. The average Bonchev–Trinajstić information content (AvgIpc) is 2.23. The maximum atomic E-state index is 13.6. The Balaban J connectivity index is 2.49. The lowest BCUT2D eigenvalue weighted by atomic mass is 9.93. The van der Waals surface area contributed by atoms with Crippen molar-refractivity contribution in [2.45, 2.75) is 13.8 Å². The lowest BCUT2D eigenvalue weighted by Gasteiger charge is -2.27. The number of rotatable bonds is 0. The van der Waals surface area contributed by atoms with E-state index in [0.717, 1.165) is 12.6 Å². The summed E-state index contributed by atoms with van der Waals surface area (Å²) in [5, 5.41) is 3.06. The molecular formula is C12H16F2N2. The number of benzene rings is 1. The van der Waals surface area contributed by atoms with Crippen LogP contribution in [0.25, 0.3) is 0 Å². The van der Waals surface area contributed by atoms with Crippen LogP contribution >= 0.6 is 0 Å². The molecule has 0 amide bonds. The highest BCUT2D eigenvalue weighted by Crippen LogP contribution is 2.35. The van der Waals surface area contributed by atoms with Crippen LogP contribution in [0.3, 0.4) is 0 Å². The van der Waals surface area contributed by atoms with Crippen molar-refractivity contribution in [2.24, 2.45) is 5.41 Å². The van der Waals surface area contributed by atoms with E-state index in [-0.39, 0.29) is 5.41 Å².